The third kappa shape index (κ3) is 6.11. The molecule has 0 aromatic heterocycles. The lowest BCUT2D eigenvalue weighted by Gasteiger charge is -2.42. The number of ether oxygens (including phenoxy) is 4. The Morgan fingerprint density at radius 1 is 0.902 bits per heavy atom. The Hall–Kier alpha value is -4.21. The Morgan fingerprint density at radius 2 is 1.49 bits per heavy atom. The van der Waals surface area contributed by atoms with Gasteiger partial charge in [-0.05, 0) is 67.6 Å². The highest BCUT2D eigenvalue weighted by atomic mass is 16.8. The van der Waals surface area contributed by atoms with Crippen molar-refractivity contribution in [3.8, 4) is 11.5 Å². The van der Waals surface area contributed by atoms with Gasteiger partial charge in [0.05, 0.1) is 13.7 Å². The predicted molar refractivity (Wildman–Crippen MR) is 148 cm³/mol. The van der Waals surface area contributed by atoms with Crippen LogP contribution >= 0.6 is 0 Å². The summed E-state index contributed by atoms with van der Waals surface area (Å²) in [5, 5.41) is 12.1. The monoisotopic (exact) mass is 559 g/mol. The zero-order valence-electron chi connectivity index (χ0n) is 22.9. The van der Waals surface area contributed by atoms with Crippen molar-refractivity contribution >= 4 is 17.7 Å². The van der Waals surface area contributed by atoms with Gasteiger partial charge >= 0.3 is 18.2 Å². The molecule has 0 unspecified atom stereocenters. The summed E-state index contributed by atoms with van der Waals surface area (Å²) in [5.41, 5.74) is 0.966. The molecule has 2 aliphatic heterocycles. The molecule has 214 valence electrons. The Morgan fingerprint density at radius 3 is 2.05 bits per heavy atom. The molecule has 3 aromatic rings. The highest BCUT2D eigenvalue weighted by Crippen LogP contribution is 2.42. The van der Waals surface area contributed by atoms with Crippen LogP contribution < -0.4 is 9.47 Å². The quantitative estimate of drug-likeness (QED) is 0.163. The molecular weight excluding hydrogens is 526 g/mol. The van der Waals surface area contributed by atoms with E-state index < -0.39 is 29.6 Å². The molecule has 0 radical (unpaired) electrons. The number of ketones is 1. The van der Waals surface area contributed by atoms with E-state index in [1.807, 2.05) is 60.7 Å². The third-order valence-corrected chi connectivity index (χ3v) is 7.74. The molecule has 1 N–H and O–H groups in total. The number of carbonyl (C=O) groups is 3. The molecule has 2 heterocycles. The third-order valence-electron chi connectivity index (χ3n) is 7.74. The molecule has 3 aromatic carbocycles. The average Bonchev–Trinajstić information content (AvgIpc) is 3.37. The second kappa shape index (κ2) is 12.5. The molecule has 2 aliphatic rings. The molecule has 5 rings (SSSR count). The number of methoxy groups -OCH3 is 1. The number of hydrogen-bond acceptors (Lipinski definition) is 9. The van der Waals surface area contributed by atoms with E-state index >= 15 is 0 Å². The lowest BCUT2D eigenvalue weighted by Crippen LogP contribution is -2.44. The number of benzene rings is 3. The minimum absolute atomic E-state index is 0.0987. The van der Waals surface area contributed by atoms with E-state index in [1.165, 1.54) is 19.2 Å². The van der Waals surface area contributed by atoms with Crippen LogP contribution in [0.5, 0.6) is 11.5 Å². The summed E-state index contributed by atoms with van der Waals surface area (Å²) in [6, 6.07) is 24.4. The molecule has 9 nitrogen and oxygen atoms in total. The first kappa shape index (κ1) is 28.3. The molecule has 0 bridgehead atoms. The van der Waals surface area contributed by atoms with E-state index in [4.69, 9.17) is 9.47 Å². The molecular formula is C32H33NO8. The maximum Gasteiger partial charge on any atom is 0.421 e. The molecule has 41 heavy (non-hydrogen) atoms. The average molecular weight is 560 g/mol. The van der Waals surface area contributed by atoms with Gasteiger partial charge in [-0.2, -0.15) is 0 Å². The number of Topliss-reactive ketones (excluding diaryl/α,β-unsaturated/α-hetero) is 1. The van der Waals surface area contributed by atoms with Gasteiger partial charge in [0.25, 0.3) is 0 Å². The predicted octanol–water partition coefficient (Wildman–Crippen LogP) is 3.72. The smallest absolute Gasteiger partial charge is 0.421 e. The van der Waals surface area contributed by atoms with Crippen molar-refractivity contribution < 1.29 is 38.4 Å². The first-order valence-electron chi connectivity index (χ1n) is 13.7. The van der Waals surface area contributed by atoms with Gasteiger partial charge in [0.2, 0.25) is 5.78 Å². The van der Waals surface area contributed by atoms with Gasteiger partial charge in [-0.3, -0.25) is 4.79 Å². The molecule has 0 atom stereocenters. The number of carbonyl (C=O) groups excluding carboxylic acids is 3. The normalized spacial score (nSPS) is 16.7. The molecule has 2 fully saturated rings. The lowest BCUT2D eigenvalue weighted by molar-refractivity contribution is -0.150. The van der Waals surface area contributed by atoms with Gasteiger partial charge in [0, 0.05) is 12.1 Å². The maximum atomic E-state index is 12.5. The molecule has 2 saturated heterocycles. The van der Waals surface area contributed by atoms with Crippen molar-refractivity contribution in [3.63, 3.8) is 0 Å². The Labute approximate surface area is 238 Å². The van der Waals surface area contributed by atoms with E-state index in [1.54, 1.807) is 6.07 Å². The zero-order chi connectivity index (χ0) is 28.8. The van der Waals surface area contributed by atoms with Crippen LogP contribution in [-0.2, 0) is 24.7 Å². The van der Waals surface area contributed by atoms with E-state index in [0.29, 0.717) is 18.1 Å². The second-order valence-electron chi connectivity index (χ2n) is 10.2. The van der Waals surface area contributed by atoms with E-state index in [2.05, 4.69) is 14.4 Å². The summed E-state index contributed by atoms with van der Waals surface area (Å²) < 4.78 is 20.6. The number of likely N-dealkylation sites (tertiary alicyclic amines) is 1. The highest BCUT2D eigenvalue weighted by molar-refractivity contribution is 6.32. The largest absolute Gasteiger partial charge is 0.493 e. The summed E-state index contributed by atoms with van der Waals surface area (Å²) >= 11 is 0. The topological polar surface area (TPSA) is 112 Å². The van der Waals surface area contributed by atoms with Gasteiger partial charge < -0.3 is 29.0 Å². The van der Waals surface area contributed by atoms with Gasteiger partial charge in [-0.25, -0.2) is 9.59 Å². The Balaban J connectivity index is 1.13. The Kier molecular flexibility index (Phi) is 8.66. The summed E-state index contributed by atoms with van der Waals surface area (Å²) in [6.45, 7) is 3.05. The molecule has 9 heteroatoms. The number of esters is 2. The fourth-order valence-electron chi connectivity index (χ4n) is 5.57. The zero-order valence-corrected chi connectivity index (χ0v) is 22.9. The minimum Gasteiger partial charge on any atom is -0.493 e. The van der Waals surface area contributed by atoms with E-state index in [-0.39, 0.29) is 11.5 Å². The van der Waals surface area contributed by atoms with E-state index in [9.17, 15) is 19.5 Å². The van der Waals surface area contributed by atoms with Crippen LogP contribution in [0.3, 0.4) is 0 Å². The fraction of sp³-hybridized carbons (Fsp3) is 0.344. The van der Waals surface area contributed by atoms with Crippen LogP contribution in [0.1, 0.15) is 40.7 Å². The number of piperidine rings is 1. The van der Waals surface area contributed by atoms with Crippen LogP contribution in [0, 0.1) is 5.92 Å². The second-order valence-corrected chi connectivity index (χ2v) is 10.2. The summed E-state index contributed by atoms with van der Waals surface area (Å²) in [4.78, 5) is 37.4. The van der Waals surface area contributed by atoms with Crippen molar-refractivity contribution in [1.82, 2.24) is 4.90 Å². The van der Waals surface area contributed by atoms with Gasteiger partial charge in [0.15, 0.2) is 11.5 Å². The molecule has 0 spiro atoms. The number of aliphatic hydroxyl groups is 1. The van der Waals surface area contributed by atoms with Crippen LogP contribution in [0.4, 0.5) is 0 Å². The standard InChI is InChI=1S/C32H33NO8/c1-38-27-21-22(28(34)31-40-29(35)30(36)41-31)13-14-26(27)39-20-8-17-33-18-15-25(16-19-33)32(37,23-9-4-2-5-10-23)24-11-6-3-7-12-24/h2-7,9-14,21,25,31,37H,8,15-20H2,1H3. The SMILES string of the molecule is COc1cc(C(=O)C2OC(=O)C(=O)O2)ccc1OCCCN1CCC(C(O)(c2ccccc2)c2ccccc2)CC1. The lowest BCUT2D eigenvalue weighted by atomic mass is 9.72. The number of cyclic esters (lactones) is 2. The first-order valence-corrected chi connectivity index (χ1v) is 13.7. The van der Waals surface area contributed by atoms with Crippen LogP contribution in [0.15, 0.2) is 78.9 Å². The van der Waals surface area contributed by atoms with Crippen molar-refractivity contribution in [3.05, 3.63) is 95.6 Å². The van der Waals surface area contributed by atoms with Gasteiger partial charge in [0.1, 0.15) is 5.60 Å². The summed E-state index contributed by atoms with van der Waals surface area (Å²) in [7, 11) is 1.46. The minimum atomic E-state index is -1.59. The van der Waals surface area contributed by atoms with E-state index in [0.717, 1.165) is 50.0 Å². The summed E-state index contributed by atoms with van der Waals surface area (Å²) in [6.07, 6.45) is 0.933. The maximum absolute atomic E-state index is 12.5. The number of hydrogen-bond donors (Lipinski definition) is 1. The van der Waals surface area contributed by atoms with Crippen LogP contribution in [0.2, 0.25) is 0 Å². The van der Waals surface area contributed by atoms with Crippen molar-refractivity contribution in [2.45, 2.75) is 31.2 Å². The highest BCUT2D eigenvalue weighted by Gasteiger charge is 2.42. The summed E-state index contributed by atoms with van der Waals surface area (Å²) in [5.74, 6) is -2.14. The van der Waals surface area contributed by atoms with Gasteiger partial charge in [-0.1, -0.05) is 60.7 Å². The number of nitrogens with zero attached hydrogens (tertiary/aromatic N) is 1. The van der Waals surface area contributed by atoms with Crippen LogP contribution in [0.25, 0.3) is 0 Å². The van der Waals surface area contributed by atoms with Crippen molar-refractivity contribution in [2.24, 2.45) is 5.92 Å². The molecule has 0 amide bonds. The molecule has 0 aliphatic carbocycles. The fourth-order valence-corrected chi connectivity index (χ4v) is 5.57. The molecule has 0 saturated carbocycles. The Bertz CT molecular complexity index is 1310. The van der Waals surface area contributed by atoms with Crippen LogP contribution in [-0.4, -0.2) is 67.4 Å². The van der Waals surface area contributed by atoms with Gasteiger partial charge in [-0.15, -0.1) is 0 Å². The van der Waals surface area contributed by atoms with Crippen molar-refractivity contribution in [1.29, 1.82) is 0 Å². The number of rotatable bonds is 11. The first-order chi connectivity index (χ1) is 19.9. The van der Waals surface area contributed by atoms with Crippen molar-refractivity contribution in [2.75, 3.05) is 33.4 Å².